The van der Waals surface area contributed by atoms with Gasteiger partial charge in [0.1, 0.15) is 6.54 Å². The number of carbonyl (C=O) groups is 4. The number of aryl methyl sites for hydroxylation is 1. The van der Waals surface area contributed by atoms with E-state index < -0.39 is 29.6 Å². The molecule has 3 aromatic carbocycles. The van der Waals surface area contributed by atoms with Crippen molar-refractivity contribution in [2.75, 3.05) is 18.5 Å². The number of anilines is 1. The number of hydrogen-bond donors (Lipinski definition) is 1. The number of rotatable bonds is 8. The van der Waals surface area contributed by atoms with Crippen LogP contribution in [0.2, 0.25) is 0 Å². The van der Waals surface area contributed by atoms with Crippen molar-refractivity contribution in [2.24, 2.45) is 0 Å². The molecule has 0 spiro atoms. The van der Waals surface area contributed by atoms with E-state index in [4.69, 9.17) is 9.47 Å². The van der Waals surface area contributed by atoms with E-state index >= 15 is 0 Å². The maximum atomic E-state index is 12.9. The average molecular weight is 642 g/mol. The number of nitrogens with zero attached hydrogens (tertiary/aromatic N) is 1. The standard InChI is InChI=1S/C28H23IN2O6S/c1-3-36-23-14-18(10-13-22(23)37-27(34)20-6-4-5-7-21(20)29)15-24-26(33)31(28(35)38-24)16-25(32)30-19-11-8-17(2)9-12-19/h4-15H,3,16H2,1-2H3,(H,30,32)/b24-15-. The summed E-state index contributed by atoms with van der Waals surface area (Å²) in [5.74, 6) is -1.01. The molecule has 1 N–H and O–H groups in total. The Morgan fingerprint density at radius 3 is 2.47 bits per heavy atom. The Bertz CT molecular complexity index is 1440. The molecule has 0 unspecified atom stereocenters. The Kier molecular flexibility index (Phi) is 8.85. The zero-order valence-electron chi connectivity index (χ0n) is 20.5. The van der Waals surface area contributed by atoms with E-state index in [-0.39, 0.29) is 10.7 Å². The van der Waals surface area contributed by atoms with Gasteiger partial charge >= 0.3 is 5.97 Å². The molecule has 194 valence electrons. The minimum absolute atomic E-state index is 0.171. The van der Waals surface area contributed by atoms with Gasteiger partial charge in [-0.25, -0.2) is 4.79 Å². The van der Waals surface area contributed by atoms with Crippen LogP contribution in [-0.2, 0) is 9.59 Å². The predicted octanol–water partition coefficient (Wildman–Crippen LogP) is 5.89. The fraction of sp³-hybridized carbons (Fsp3) is 0.143. The molecule has 10 heteroatoms. The van der Waals surface area contributed by atoms with Gasteiger partial charge in [0.2, 0.25) is 5.91 Å². The van der Waals surface area contributed by atoms with E-state index in [9.17, 15) is 19.2 Å². The molecule has 0 atom stereocenters. The van der Waals surface area contributed by atoms with Crippen LogP contribution in [0.5, 0.6) is 11.5 Å². The van der Waals surface area contributed by atoms with Crippen molar-refractivity contribution in [3.8, 4) is 11.5 Å². The smallest absolute Gasteiger partial charge is 0.344 e. The summed E-state index contributed by atoms with van der Waals surface area (Å²) < 4.78 is 12.0. The van der Waals surface area contributed by atoms with Gasteiger partial charge in [0.15, 0.2) is 11.5 Å². The fourth-order valence-electron chi connectivity index (χ4n) is 3.52. The van der Waals surface area contributed by atoms with Crippen molar-refractivity contribution in [2.45, 2.75) is 13.8 Å². The second kappa shape index (κ2) is 12.3. The van der Waals surface area contributed by atoms with Crippen LogP contribution in [0.3, 0.4) is 0 Å². The number of amides is 3. The Morgan fingerprint density at radius 1 is 1.03 bits per heavy atom. The summed E-state index contributed by atoms with van der Waals surface area (Å²) in [6.45, 7) is 3.66. The van der Waals surface area contributed by atoms with Crippen LogP contribution in [-0.4, -0.2) is 41.1 Å². The van der Waals surface area contributed by atoms with Gasteiger partial charge in [0.25, 0.3) is 11.1 Å². The lowest BCUT2D eigenvalue weighted by Gasteiger charge is -2.13. The minimum Gasteiger partial charge on any atom is -0.490 e. The molecule has 0 aromatic heterocycles. The molecule has 1 aliphatic rings. The molecule has 38 heavy (non-hydrogen) atoms. The van der Waals surface area contributed by atoms with Crippen LogP contribution in [0, 0.1) is 10.5 Å². The summed E-state index contributed by atoms with van der Waals surface area (Å²) in [6.07, 6.45) is 1.54. The van der Waals surface area contributed by atoms with Crippen molar-refractivity contribution >= 4 is 69.1 Å². The molecule has 1 saturated heterocycles. The van der Waals surface area contributed by atoms with E-state index in [1.165, 1.54) is 6.08 Å². The number of thioether (sulfide) groups is 1. The fourth-order valence-corrected chi connectivity index (χ4v) is 4.96. The first-order valence-corrected chi connectivity index (χ1v) is 13.5. The number of hydrogen-bond acceptors (Lipinski definition) is 7. The maximum absolute atomic E-state index is 12.9. The summed E-state index contributed by atoms with van der Waals surface area (Å²) in [7, 11) is 0. The molecule has 0 bridgehead atoms. The topological polar surface area (TPSA) is 102 Å². The highest BCUT2D eigenvalue weighted by atomic mass is 127. The van der Waals surface area contributed by atoms with Crippen LogP contribution < -0.4 is 14.8 Å². The van der Waals surface area contributed by atoms with E-state index in [0.29, 0.717) is 29.2 Å². The van der Waals surface area contributed by atoms with E-state index in [1.54, 1.807) is 49.4 Å². The molecule has 1 heterocycles. The normalized spacial score (nSPS) is 14.1. The number of benzene rings is 3. The number of nitrogens with one attached hydrogen (secondary N) is 1. The molecule has 1 fully saturated rings. The maximum Gasteiger partial charge on any atom is 0.344 e. The highest BCUT2D eigenvalue weighted by Crippen LogP contribution is 2.35. The Balaban J connectivity index is 1.48. The van der Waals surface area contributed by atoms with Gasteiger partial charge in [-0.15, -0.1) is 0 Å². The second-order valence-corrected chi connectivity index (χ2v) is 10.3. The molecule has 8 nitrogen and oxygen atoms in total. The third-order valence-electron chi connectivity index (χ3n) is 5.37. The van der Waals surface area contributed by atoms with Gasteiger partial charge in [-0.2, -0.15) is 0 Å². The van der Waals surface area contributed by atoms with E-state index in [1.807, 2.05) is 31.2 Å². The predicted molar refractivity (Wildman–Crippen MR) is 154 cm³/mol. The summed E-state index contributed by atoms with van der Waals surface area (Å²) >= 11 is 2.82. The molecule has 0 aliphatic carbocycles. The summed E-state index contributed by atoms with van der Waals surface area (Å²) in [4.78, 5) is 51.6. The summed E-state index contributed by atoms with van der Waals surface area (Å²) in [6, 6.07) is 19.1. The van der Waals surface area contributed by atoms with Crippen LogP contribution in [0.1, 0.15) is 28.4 Å². The van der Waals surface area contributed by atoms with Crippen molar-refractivity contribution in [3.05, 3.63) is 91.9 Å². The van der Waals surface area contributed by atoms with E-state index in [2.05, 4.69) is 27.9 Å². The van der Waals surface area contributed by atoms with Crippen LogP contribution >= 0.6 is 34.4 Å². The summed E-state index contributed by atoms with van der Waals surface area (Å²) in [5.41, 5.74) is 2.62. The first-order chi connectivity index (χ1) is 18.2. The van der Waals surface area contributed by atoms with Gasteiger partial charge in [-0.05, 0) is 96.2 Å². The number of imide groups is 1. The lowest BCUT2D eigenvalue weighted by molar-refractivity contribution is -0.127. The molecule has 1 aliphatic heterocycles. The molecular formula is C28H23IN2O6S. The molecule has 0 radical (unpaired) electrons. The molecule has 3 aromatic rings. The van der Waals surface area contributed by atoms with Crippen molar-refractivity contribution in [1.29, 1.82) is 0 Å². The van der Waals surface area contributed by atoms with E-state index in [0.717, 1.165) is 25.8 Å². The largest absolute Gasteiger partial charge is 0.490 e. The summed E-state index contributed by atoms with van der Waals surface area (Å²) in [5, 5.41) is 2.15. The van der Waals surface area contributed by atoms with Crippen LogP contribution in [0.25, 0.3) is 6.08 Å². The van der Waals surface area contributed by atoms with Gasteiger partial charge in [-0.3, -0.25) is 19.3 Å². The first kappa shape index (κ1) is 27.4. The second-order valence-electron chi connectivity index (χ2n) is 8.19. The SMILES string of the molecule is CCOc1cc(/C=C2\SC(=O)N(CC(=O)Nc3ccc(C)cc3)C2=O)ccc1OC(=O)c1ccccc1I. The van der Waals surface area contributed by atoms with Gasteiger partial charge in [-0.1, -0.05) is 35.9 Å². The zero-order chi connectivity index (χ0) is 27.2. The molecule has 0 saturated carbocycles. The number of carbonyl (C=O) groups excluding carboxylic acids is 4. The lowest BCUT2D eigenvalue weighted by atomic mass is 10.1. The Morgan fingerprint density at radius 2 is 1.76 bits per heavy atom. The molecule has 3 amide bonds. The highest BCUT2D eigenvalue weighted by molar-refractivity contribution is 14.1. The van der Waals surface area contributed by atoms with Gasteiger partial charge in [0.05, 0.1) is 17.1 Å². The Labute approximate surface area is 237 Å². The number of esters is 1. The minimum atomic E-state index is -0.564. The first-order valence-electron chi connectivity index (χ1n) is 11.6. The average Bonchev–Trinajstić information content (AvgIpc) is 3.14. The van der Waals surface area contributed by atoms with Crippen molar-refractivity contribution in [1.82, 2.24) is 4.90 Å². The molecule has 4 rings (SSSR count). The zero-order valence-corrected chi connectivity index (χ0v) is 23.5. The van der Waals surface area contributed by atoms with Crippen LogP contribution in [0.15, 0.2) is 71.6 Å². The highest BCUT2D eigenvalue weighted by Gasteiger charge is 2.36. The molecular weight excluding hydrogens is 619 g/mol. The third kappa shape index (κ3) is 6.62. The lowest BCUT2D eigenvalue weighted by Crippen LogP contribution is -2.36. The number of ether oxygens (including phenoxy) is 2. The Hall–Kier alpha value is -3.64. The number of halogens is 1. The van der Waals surface area contributed by atoms with Gasteiger partial charge in [0, 0.05) is 9.26 Å². The van der Waals surface area contributed by atoms with Crippen LogP contribution in [0.4, 0.5) is 10.5 Å². The van der Waals surface area contributed by atoms with Gasteiger partial charge < -0.3 is 14.8 Å². The third-order valence-corrected chi connectivity index (χ3v) is 7.22. The quantitative estimate of drug-likeness (QED) is 0.142. The van der Waals surface area contributed by atoms with Crippen molar-refractivity contribution < 1.29 is 28.7 Å². The monoisotopic (exact) mass is 642 g/mol. The van der Waals surface area contributed by atoms with Crippen molar-refractivity contribution in [3.63, 3.8) is 0 Å².